The number of rotatable bonds is 15. The summed E-state index contributed by atoms with van der Waals surface area (Å²) in [5, 5.41) is 8.71. The smallest absolute Gasteiger partial charge is 0.253 e. The Morgan fingerprint density at radius 1 is 0.889 bits per heavy atom. The summed E-state index contributed by atoms with van der Waals surface area (Å²) in [6.45, 7) is 6.30. The molecule has 0 aliphatic heterocycles. The van der Waals surface area contributed by atoms with E-state index >= 15 is 0 Å². The van der Waals surface area contributed by atoms with Crippen molar-refractivity contribution in [2.75, 3.05) is 36.8 Å². The van der Waals surface area contributed by atoms with Gasteiger partial charge in [-0.1, -0.05) is 33.1 Å². The molecular weight excluding hydrogens is 346 g/mol. The van der Waals surface area contributed by atoms with Crippen molar-refractivity contribution < 1.29 is 4.79 Å². The topological polar surface area (TPSA) is 139 Å². The number of unbranched alkanes of at least 4 members (excludes halogenated alkanes) is 2. The van der Waals surface area contributed by atoms with Crippen LogP contribution in [0.15, 0.2) is 9.59 Å². The van der Waals surface area contributed by atoms with Gasteiger partial charge in [-0.3, -0.25) is 14.4 Å². The predicted molar refractivity (Wildman–Crippen MR) is 111 cm³/mol. The molecule has 0 radical (unpaired) electrons. The molecular formula is C19H35N5O3. The maximum absolute atomic E-state index is 11.9. The van der Waals surface area contributed by atoms with Crippen LogP contribution in [0.25, 0.3) is 0 Å². The summed E-state index contributed by atoms with van der Waals surface area (Å²) in [6, 6.07) is -0.550. The van der Waals surface area contributed by atoms with E-state index in [1.54, 1.807) is 0 Å². The van der Waals surface area contributed by atoms with Gasteiger partial charge in [0.2, 0.25) is 5.91 Å². The van der Waals surface area contributed by atoms with Gasteiger partial charge in [0.15, 0.2) is 0 Å². The summed E-state index contributed by atoms with van der Waals surface area (Å²) in [4.78, 5) is 35.3. The molecule has 1 rings (SSSR count). The summed E-state index contributed by atoms with van der Waals surface area (Å²) in [5.41, 5.74) is 10.9. The first-order valence-electron chi connectivity index (χ1n) is 9.92. The van der Waals surface area contributed by atoms with Crippen molar-refractivity contribution in [3.05, 3.63) is 20.4 Å². The van der Waals surface area contributed by atoms with Crippen molar-refractivity contribution in [1.29, 1.82) is 0 Å². The fourth-order valence-electron chi connectivity index (χ4n) is 2.76. The van der Waals surface area contributed by atoms with Crippen LogP contribution in [-0.4, -0.2) is 38.1 Å². The van der Waals surface area contributed by atoms with Gasteiger partial charge in [-0.2, -0.15) is 0 Å². The number of amides is 1. The van der Waals surface area contributed by atoms with E-state index in [2.05, 4.69) is 29.8 Å². The molecule has 0 heterocycles. The molecule has 154 valence electrons. The Morgan fingerprint density at radius 3 is 2.07 bits per heavy atom. The lowest BCUT2D eigenvalue weighted by Gasteiger charge is -2.16. The average Bonchev–Trinajstić information content (AvgIpc) is 2.64. The van der Waals surface area contributed by atoms with Gasteiger partial charge in [0.1, 0.15) is 11.4 Å². The SMILES string of the molecule is CC(C)CCCCNc1c(NCCNC(=O)[C@H](N)CCCCN)c(=O)c1=O. The molecule has 0 unspecified atom stereocenters. The van der Waals surface area contributed by atoms with Gasteiger partial charge in [0, 0.05) is 19.6 Å². The zero-order valence-electron chi connectivity index (χ0n) is 16.6. The second-order valence-electron chi connectivity index (χ2n) is 7.33. The van der Waals surface area contributed by atoms with E-state index in [1.165, 1.54) is 0 Å². The van der Waals surface area contributed by atoms with Crippen molar-refractivity contribution in [3.63, 3.8) is 0 Å². The molecule has 8 heteroatoms. The van der Waals surface area contributed by atoms with Crippen LogP contribution < -0.4 is 38.3 Å². The van der Waals surface area contributed by atoms with Crippen LogP contribution >= 0.6 is 0 Å². The number of nitrogens with two attached hydrogens (primary N) is 2. The van der Waals surface area contributed by atoms with Gasteiger partial charge in [-0.25, -0.2) is 0 Å². The highest BCUT2D eigenvalue weighted by atomic mass is 16.2. The number of hydrogen-bond donors (Lipinski definition) is 5. The van der Waals surface area contributed by atoms with Crippen molar-refractivity contribution in [3.8, 4) is 0 Å². The lowest BCUT2D eigenvalue weighted by atomic mass is 10.1. The van der Waals surface area contributed by atoms with E-state index < -0.39 is 16.9 Å². The standard InChI is InChI=1S/C19H35N5O3/c1-13(2)7-4-6-10-22-15-16(18(26)17(15)25)23-11-12-24-19(27)14(21)8-3-5-9-20/h13-14,22-23H,3-12,20-21H2,1-2H3,(H,24,27)/t14-/m1/s1. The molecule has 1 aromatic carbocycles. The van der Waals surface area contributed by atoms with Gasteiger partial charge in [-0.15, -0.1) is 0 Å². The van der Waals surface area contributed by atoms with Crippen molar-refractivity contribution in [2.24, 2.45) is 17.4 Å². The first-order chi connectivity index (χ1) is 12.9. The van der Waals surface area contributed by atoms with E-state index in [-0.39, 0.29) is 5.91 Å². The van der Waals surface area contributed by atoms with Gasteiger partial charge < -0.3 is 27.4 Å². The Labute approximate surface area is 161 Å². The largest absolute Gasteiger partial charge is 0.380 e. The van der Waals surface area contributed by atoms with Crippen molar-refractivity contribution in [1.82, 2.24) is 5.32 Å². The van der Waals surface area contributed by atoms with Crippen LogP contribution in [0, 0.1) is 5.92 Å². The summed E-state index contributed by atoms with van der Waals surface area (Å²) >= 11 is 0. The van der Waals surface area contributed by atoms with Crippen LogP contribution in [0.5, 0.6) is 0 Å². The highest BCUT2D eigenvalue weighted by Gasteiger charge is 2.20. The Morgan fingerprint density at radius 2 is 1.48 bits per heavy atom. The van der Waals surface area contributed by atoms with E-state index in [0.29, 0.717) is 49.9 Å². The zero-order chi connectivity index (χ0) is 20.2. The maximum atomic E-state index is 11.9. The first kappa shape index (κ1) is 23.1. The Balaban J connectivity index is 2.29. The van der Waals surface area contributed by atoms with Crippen LogP contribution in [0.3, 0.4) is 0 Å². The molecule has 8 nitrogen and oxygen atoms in total. The molecule has 0 saturated carbocycles. The van der Waals surface area contributed by atoms with E-state index in [1.807, 2.05) is 0 Å². The molecule has 1 amide bonds. The van der Waals surface area contributed by atoms with E-state index in [0.717, 1.165) is 32.1 Å². The summed E-state index contributed by atoms with van der Waals surface area (Å²) in [5.74, 6) is 0.444. The molecule has 0 spiro atoms. The van der Waals surface area contributed by atoms with Crippen molar-refractivity contribution in [2.45, 2.75) is 58.4 Å². The minimum absolute atomic E-state index is 0.220. The van der Waals surface area contributed by atoms with E-state index in [4.69, 9.17) is 11.5 Å². The van der Waals surface area contributed by atoms with Crippen molar-refractivity contribution >= 4 is 17.3 Å². The fraction of sp³-hybridized carbons (Fsp3) is 0.737. The first-order valence-corrected chi connectivity index (χ1v) is 9.92. The van der Waals surface area contributed by atoms with E-state index in [9.17, 15) is 14.4 Å². The number of nitrogens with one attached hydrogen (secondary N) is 3. The van der Waals surface area contributed by atoms with Gasteiger partial charge in [-0.05, 0) is 31.7 Å². The normalized spacial score (nSPS) is 12.3. The molecule has 0 aliphatic carbocycles. The number of carbonyl (C=O) groups is 1. The molecule has 0 aromatic heterocycles. The van der Waals surface area contributed by atoms with Gasteiger partial charge in [0.25, 0.3) is 10.9 Å². The molecule has 27 heavy (non-hydrogen) atoms. The monoisotopic (exact) mass is 381 g/mol. The van der Waals surface area contributed by atoms with Crippen LogP contribution in [-0.2, 0) is 4.79 Å². The molecule has 0 bridgehead atoms. The third-order valence-electron chi connectivity index (χ3n) is 4.45. The van der Waals surface area contributed by atoms with Gasteiger partial charge in [0.05, 0.1) is 6.04 Å². The second kappa shape index (κ2) is 12.5. The predicted octanol–water partition coefficient (Wildman–Crippen LogP) is 0.505. The minimum atomic E-state index is -0.550. The number of hydrogen-bond acceptors (Lipinski definition) is 7. The van der Waals surface area contributed by atoms with Gasteiger partial charge >= 0.3 is 0 Å². The average molecular weight is 382 g/mol. The lowest BCUT2D eigenvalue weighted by molar-refractivity contribution is -0.122. The Kier molecular flexibility index (Phi) is 10.7. The molecule has 7 N–H and O–H groups in total. The second-order valence-corrected chi connectivity index (χ2v) is 7.33. The summed E-state index contributed by atoms with van der Waals surface area (Å²) in [6.07, 6.45) is 5.44. The van der Waals surface area contributed by atoms with Crippen LogP contribution in [0.4, 0.5) is 11.4 Å². The number of carbonyl (C=O) groups excluding carboxylic acids is 1. The van der Waals surface area contributed by atoms with Crippen LogP contribution in [0.1, 0.15) is 52.4 Å². The molecule has 0 saturated heterocycles. The maximum Gasteiger partial charge on any atom is 0.253 e. The molecule has 1 aromatic rings. The fourth-order valence-corrected chi connectivity index (χ4v) is 2.76. The third-order valence-corrected chi connectivity index (χ3v) is 4.45. The van der Waals surface area contributed by atoms with Crippen LogP contribution in [0.2, 0.25) is 0 Å². The lowest BCUT2D eigenvalue weighted by Crippen LogP contribution is -2.43. The minimum Gasteiger partial charge on any atom is -0.380 e. The highest BCUT2D eigenvalue weighted by molar-refractivity contribution is 5.81. The quantitative estimate of drug-likeness (QED) is 0.220. The Bertz CT molecular complexity index is 638. The zero-order valence-corrected chi connectivity index (χ0v) is 16.6. The molecule has 0 fully saturated rings. The third kappa shape index (κ3) is 8.09. The molecule has 0 aliphatic rings. The summed E-state index contributed by atoms with van der Waals surface area (Å²) < 4.78 is 0. The summed E-state index contributed by atoms with van der Waals surface area (Å²) in [7, 11) is 0. The Hall–Kier alpha value is -1.93. The number of anilines is 2. The molecule has 1 atom stereocenters. The highest BCUT2D eigenvalue weighted by Crippen LogP contribution is 2.14.